The van der Waals surface area contributed by atoms with Gasteiger partial charge in [-0.1, -0.05) is 25.1 Å². The minimum absolute atomic E-state index is 0.0590. The average Bonchev–Trinajstić information content (AvgIpc) is 3.17. The lowest BCUT2D eigenvalue weighted by Gasteiger charge is -2.13. The minimum Gasteiger partial charge on any atom is -0.472 e. The molecule has 0 aliphatic heterocycles. The Morgan fingerprint density at radius 1 is 1.20 bits per heavy atom. The van der Waals surface area contributed by atoms with Crippen LogP contribution in [0.5, 0.6) is 0 Å². The summed E-state index contributed by atoms with van der Waals surface area (Å²) in [6, 6.07) is 14.2. The normalized spacial score (nSPS) is 12.4. The van der Waals surface area contributed by atoms with E-state index in [2.05, 4.69) is 17.3 Å². The van der Waals surface area contributed by atoms with Crippen LogP contribution in [0.15, 0.2) is 65.6 Å². The first kappa shape index (κ1) is 12.7. The van der Waals surface area contributed by atoms with Gasteiger partial charge in [0.15, 0.2) is 0 Å². The van der Waals surface area contributed by atoms with Crippen LogP contribution in [0.25, 0.3) is 5.69 Å². The Hall–Kier alpha value is -2.33. The zero-order chi connectivity index (χ0) is 13.8. The van der Waals surface area contributed by atoms with Crippen molar-refractivity contribution in [1.29, 1.82) is 0 Å². The maximum Gasteiger partial charge on any atom is 0.0954 e. The lowest BCUT2D eigenvalue weighted by atomic mass is 10.1. The summed E-state index contributed by atoms with van der Waals surface area (Å²) in [5.41, 5.74) is 3.13. The first-order valence-electron chi connectivity index (χ1n) is 6.75. The first-order chi connectivity index (χ1) is 9.88. The molecule has 1 aromatic carbocycles. The van der Waals surface area contributed by atoms with E-state index >= 15 is 0 Å². The van der Waals surface area contributed by atoms with Crippen LogP contribution in [0, 0.1) is 0 Å². The Morgan fingerprint density at radius 2 is 2.05 bits per heavy atom. The Labute approximate surface area is 118 Å². The number of aromatic nitrogens is 2. The standard InChI is InChI=1S/C16H17N3O/c1-2-17-16(13-9-11-20-12-13)15-8-10-19(18-15)14-6-4-3-5-7-14/h3-12,16-17H,2H2,1H3. The first-order valence-corrected chi connectivity index (χ1v) is 6.75. The van der Waals surface area contributed by atoms with Crippen LogP contribution in [0.3, 0.4) is 0 Å². The Bertz CT molecular complexity index is 643. The van der Waals surface area contributed by atoms with Crippen molar-refractivity contribution in [3.05, 3.63) is 72.4 Å². The average molecular weight is 267 g/mol. The van der Waals surface area contributed by atoms with E-state index in [1.807, 2.05) is 53.3 Å². The molecule has 1 unspecified atom stereocenters. The molecule has 2 heterocycles. The third kappa shape index (κ3) is 2.51. The van der Waals surface area contributed by atoms with Gasteiger partial charge in [-0.3, -0.25) is 0 Å². The van der Waals surface area contributed by atoms with Crippen molar-refractivity contribution in [2.75, 3.05) is 6.54 Å². The van der Waals surface area contributed by atoms with E-state index in [4.69, 9.17) is 4.42 Å². The molecular weight excluding hydrogens is 250 g/mol. The van der Waals surface area contributed by atoms with Gasteiger partial charge in [0, 0.05) is 11.8 Å². The number of hydrogen-bond acceptors (Lipinski definition) is 3. The maximum atomic E-state index is 5.18. The highest BCUT2D eigenvalue weighted by Gasteiger charge is 2.17. The molecule has 1 atom stereocenters. The van der Waals surface area contributed by atoms with E-state index in [0.29, 0.717) is 0 Å². The second kappa shape index (κ2) is 5.75. The molecule has 4 heteroatoms. The van der Waals surface area contributed by atoms with Crippen LogP contribution in [-0.2, 0) is 0 Å². The summed E-state index contributed by atoms with van der Waals surface area (Å²) in [6.07, 6.45) is 5.43. The number of para-hydroxylation sites is 1. The van der Waals surface area contributed by atoms with E-state index in [0.717, 1.165) is 23.5 Å². The molecule has 20 heavy (non-hydrogen) atoms. The highest BCUT2D eigenvalue weighted by atomic mass is 16.3. The Morgan fingerprint density at radius 3 is 2.75 bits per heavy atom. The summed E-state index contributed by atoms with van der Waals surface area (Å²) in [4.78, 5) is 0. The number of hydrogen-bond donors (Lipinski definition) is 1. The van der Waals surface area contributed by atoms with Gasteiger partial charge in [-0.15, -0.1) is 0 Å². The van der Waals surface area contributed by atoms with Gasteiger partial charge in [-0.05, 0) is 30.8 Å². The summed E-state index contributed by atoms with van der Waals surface area (Å²) in [5.74, 6) is 0. The van der Waals surface area contributed by atoms with Crippen LogP contribution in [0.1, 0.15) is 24.2 Å². The van der Waals surface area contributed by atoms with Crippen molar-refractivity contribution in [3.63, 3.8) is 0 Å². The molecule has 3 aromatic rings. The summed E-state index contributed by atoms with van der Waals surface area (Å²) in [5, 5.41) is 8.10. The number of rotatable bonds is 5. The van der Waals surface area contributed by atoms with Crippen LogP contribution < -0.4 is 5.32 Å². The fourth-order valence-electron chi connectivity index (χ4n) is 2.25. The van der Waals surface area contributed by atoms with Gasteiger partial charge >= 0.3 is 0 Å². The fraction of sp³-hybridized carbons (Fsp3) is 0.188. The molecular formula is C16H17N3O. The Balaban J connectivity index is 1.91. The van der Waals surface area contributed by atoms with E-state index in [-0.39, 0.29) is 6.04 Å². The topological polar surface area (TPSA) is 43.0 Å². The predicted molar refractivity (Wildman–Crippen MR) is 77.8 cm³/mol. The van der Waals surface area contributed by atoms with E-state index in [1.54, 1.807) is 12.5 Å². The fourth-order valence-corrected chi connectivity index (χ4v) is 2.25. The second-order valence-corrected chi connectivity index (χ2v) is 4.57. The van der Waals surface area contributed by atoms with Gasteiger partial charge in [-0.2, -0.15) is 5.10 Å². The molecule has 0 aliphatic rings. The molecule has 3 rings (SSSR count). The minimum atomic E-state index is 0.0590. The zero-order valence-corrected chi connectivity index (χ0v) is 11.4. The lowest BCUT2D eigenvalue weighted by Crippen LogP contribution is -2.22. The molecule has 0 fully saturated rings. The van der Waals surface area contributed by atoms with Crippen LogP contribution >= 0.6 is 0 Å². The van der Waals surface area contributed by atoms with Crippen LogP contribution in [0.4, 0.5) is 0 Å². The largest absolute Gasteiger partial charge is 0.472 e. The van der Waals surface area contributed by atoms with Gasteiger partial charge in [0.2, 0.25) is 0 Å². The van der Waals surface area contributed by atoms with Crippen molar-refractivity contribution < 1.29 is 4.42 Å². The van der Waals surface area contributed by atoms with Gasteiger partial charge < -0.3 is 9.73 Å². The van der Waals surface area contributed by atoms with Gasteiger partial charge in [0.1, 0.15) is 0 Å². The van der Waals surface area contributed by atoms with Crippen molar-refractivity contribution in [2.24, 2.45) is 0 Å². The molecule has 0 amide bonds. The van der Waals surface area contributed by atoms with Crippen molar-refractivity contribution in [1.82, 2.24) is 15.1 Å². The molecule has 0 saturated carbocycles. The van der Waals surface area contributed by atoms with Crippen LogP contribution in [-0.4, -0.2) is 16.3 Å². The second-order valence-electron chi connectivity index (χ2n) is 4.57. The zero-order valence-electron chi connectivity index (χ0n) is 11.4. The predicted octanol–water partition coefficient (Wildman–Crippen LogP) is 3.16. The smallest absolute Gasteiger partial charge is 0.0954 e. The summed E-state index contributed by atoms with van der Waals surface area (Å²) in [6.45, 7) is 2.95. The van der Waals surface area contributed by atoms with Crippen molar-refractivity contribution in [2.45, 2.75) is 13.0 Å². The van der Waals surface area contributed by atoms with E-state index in [9.17, 15) is 0 Å². The number of nitrogens with one attached hydrogen (secondary N) is 1. The number of furan rings is 1. The van der Waals surface area contributed by atoms with Crippen LogP contribution in [0.2, 0.25) is 0 Å². The monoisotopic (exact) mass is 267 g/mol. The van der Waals surface area contributed by atoms with Gasteiger partial charge in [0.25, 0.3) is 0 Å². The number of nitrogens with zero attached hydrogens (tertiary/aromatic N) is 2. The molecule has 0 bridgehead atoms. The van der Waals surface area contributed by atoms with Gasteiger partial charge in [0.05, 0.1) is 29.9 Å². The summed E-state index contributed by atoms with van der Waals surface area (Å²) in [7, 11) is 0. The molecule has 0 aliphatic carbocycles. The maximum absolute atomic E-state index is 5.18. The highest BCUT2D eigenvalue weighted by Crippen LogP contribution is 2.21. The molecule has 1 N–H and O–H groups in total. The van der Waals surface area contributed by atoms with Gasteiger partial charge in [-0.25, -0.2) is 4.68 Å². The summed E-state index contributed by atoms with van der Waals surface area (Å²) < 4.78 is 7.07. The summed E-state index contributed by atoms with van der Waals surface area (Å²) >= 11 is 0. The lowest BCUT2D eigenvalue weighted by molar-refractivity contribution is 0.549. The quantitative estimate of drug-likeness (QED) is 0.772. The molecule has 2 aromatic heterocycles. The molecule has 0 saturated heterocycles. The van der Waals surface area contributed by atoms with Crippen molar-refractivity contribution in [3.8, 4) is 5.69 Å². The molecule has 0 spiro atoms. The molecule has 0 radical (unpaired) electrons. The van der Waals surface area contributed by atoms with E-state index in [1.165, 1.54) is 0 Å². The number of benzene rings is 1. The third-order valence-electron chi connectivity index (χ3n) is 3.21. The highest BCUT2D eigenvalue weighted by molar-refractivity contribution is 5.32. The third-order valence-corrected chi connectivity index (χ3v) is 3.21. The van der Waals surface area contributed by atoms with E-state index < -0.39 is 0 Å². The Kier molecular flexibility index (Phi) is 3.65. The molecule has 102 valence electrons. The SMILES string of the molecule is CCNC(c1ccoc1)c1ccn(-c2ccccc2)n1. The molecule has 4 nitrogen and oxygen atoms in total. The van der Waals surface area contributed by atoms with Crippen molar-refractivity contribution >= 4 is 0 Å².